The Morgan fingerprint density at radius 3 is 3.00 bits per heavy atom. The first-order chi connectivity index (χ1) is 11.7. The van der Waals surface area contributed by atoms with Crippen LogP contribution in [0.4, 0.5) is 5.88 Å². The van der Waals surface area contributed by atoms with Crippen LogP contribution < -0.4 is 4.90 Å². The second kappa shape index (κ2) is 5.72. The fraction of sp³-hybridized carbons (Fsp3) is 0.250. The van der Waals surface area contributed by atoms with E-state index in [0.717, 1.165) is 27.7 Å². The molecule has 0 saturated heterocycles. The summed E-state index contributed by atoms with van der Waals surface area (Å²) in [6, 6.07) is 3.86. The van der Waals surface area contributed by atoms with Crippen LogP contribution in [0.3, 0.4) is 0 Å². The Labute approximate surface area is 142 Å². The summed E-state index contributed by atoms with van der Waals surface area (Å²) < 4.78 is 5.94. The Morgan fingerprint density at radius 1 is 1.38 bits per heavy atom. The van der Waals surface area contributed by atoms with E-state index < -0.39 is 0 Å². The van der Waals surface area contributed by atoms with E-state index in [9.17, 15) is 5.21 Å². The van der Waals surface area contributed by atoms with Gasteiger partial charge < -0.3 is 14.5 Å². The van der Waals surface area contributed by atoms with Crippen molar-refractivity contribution in [2.45, 2.75) is 13.3 Å². The van der Waals surface area contributed by atoms with Crippen molar-refractivity contribution in [2.75, 3.05) is 18.5 Å². The standard InChI is InChI=1S/C16H15N5O2S/c1-9-13(24-15(18-9)10-4-3-6-17-8-10)14-19-12-11(20-22)5-7-21(2)16(12)23-14/h3-4,6,8,22H,5,7H2,1-2H3/b20-11+. The number of hydrogen-bond donors (Lipinski definition) is 1. The maximum Gasteiger partial charge on any atom is 0.241 e. The van der Waals surface area contributed by atoms with Crippen LogP contribution in [0.1, 0.15) is 17.8 Å². The normalized spacial score (nSPS) is 15.8. The number of thiazole rings is 1. The molecule has 0 saturated carbocycles. The number of hydrogen-bond acceptors (Lipinski definition) is 8. The molecule has 1 aliphatic heterocycles. The van der Waals surface area contributed by atoms with Gasteiger partial charge >= 0.3 is 0 Å². The van der Waals surface area contributed by atoms with Crippen LogP contribution in [0, 0.1) is 6.92 Å². The molecule has 0 bridgehead atoms. The molecule has 0 radical (unpaired) electrons. The van der Waals surface area contributed by atoms with Gasteiger partial charge in [-0.15, -0.1) is 11.3 Å². The van der Waals surface area contributed by atoms with Crippen molar-refractivity contribution in [3.05, 3.63) is 35.9 Å². The summed E-state index contributed by atoms with van der Waals surface area (Å²) in [6.45, 7) is 2.66. The minimum Gasteiger partial charge on any atom is -0.419 e. The highest BCUT2D eigenvalue weighted by Crippen LogP contribution is 2.38. The van der Waals surface area contributed by atoms with Crippen molar-refractivity contribution < 1.29 is 9.62 Å². The van der Waals surface area contributed by atoms with Crippen LogP contribution in [0.25, 0.3) is 21.3 Å². The van der Waals surface area contributed by atoms with E-state index in [-0.39, 0.29) is 0 Å². The molecule has 8 heteroatoms. The molecule has 0 unspecified atom stereocenters. The first kappa shape index (κ1) is 14.8. The second-order valence-corrected chi connectivity index (χ2v) is 6.57. The molecule has 4 rings (SSSR count). The fourth-order valence-corrected chi connectivity index (χ4v) is 3.64. The maximum absolute atomic E-state index is 9.18. The average molecular weight is 341 g/mol. The van der Waals surface area contributed by atoms with Gasteiger partial charge in [-0.2, -0.15) is 0 Å². The molecular formula is C16H15N5O2S. The quantitative estimate of drug-likeness (QED) is 0.569. The Kier molecular flexibility index (Phi) is 3.53. The van der Waals surface area contributed by atoms with Crippen molar-refractivity contribution in [3.63, 3.8) is 0 Å². The van der Waals surface area contributed by atoms with Gasteiger partial charge in [0.2, 0.25) is 11.8 Å². The van der Waals surface area contributed by atoms with Gasteiger partial charge in [-0.1, -0.05) is 5.16 Å². The van der Waals surface area contributed by atoms with Crippen molar-refractivity contribution in [1.29, 1.82) is 0 Å². The number of oxime groups is 1. The van der Waals surface area contributed by atoms with Crippen LogP contribution >= 0.6 is 11.3 Å². The second-order valence-electron chi connectivity index (χ2n) is 5.57. The monoisotopic (exact) mass is 341 g/mol. The third-order valence-electron chi connectivity index (χ3n) is 3.93. The van der Waals surface area contributed by atoms with E-state index >= 15 is 0 Å². The predicted octanol–water partition coefficient (Wildman–Crippen LogP) is 3.19. The number of nitrogens with zero attached hydrogens (tertiary/aromatic N) is 5. The Morgan fingerprint density at radius 2 is 2.25 bits per heavy atom. The molecule has 3 aromatic rings. The summed E-state index contributed by atoms with van der Waals surface area (Å²) in [5.41, 5.74) is 2.95. The lowest BCUT2D eigenvalue weighted by Gasteiger charge is -2.21. The summed E-state index contributed by atoms with van der Waals surface area (Å²) in [7, 11) is 1.93. The fourth-order valence-electron chi connectivity index (χ4n) is 2.65. The number of anilines is 1. The van der Waals surface area contributed by atoms with Gasteiger partial charge in [0.1, 0.15) is 15.6 Å². The van der Waals surface area contributed by atoms with Crippen molar-refractivity contribution in [1.82, 2.24) is 15.0 Å². The lowest BCUT2D eigenvalue weighted by atomic mass is 10.1. The zero-order valence-electron chi connectivity index (χ0n) is 13.2. The molecule has 4 heterocycles. The number of pyridine rings is 1. The molecule has 0 aliphatic carbocycles. The molecule has 0 fully saturated rings. The van der Waals surface area contributed by atoms with E-state index in [1.54, 1.807) is 12.4 Å². The van der Waals surface area contributed by atoms with Crippen LogP contribution in [0.5, 0.6) is 0 Å². The Balaban J connectivity index is 1.79. The van der Waals surface area contributed by atoms with Gasteiger partial charge in [-0.25, -0.2) is 9.97 Å². The summed E-state index contributed by atoms with van der Waals surface area (Å²) >= 11 is 1.51. The highest BCUT2D eigenvalue weighted by molar-refractivity contribution is 7.18. The van der Waals surface area contributed by atoms with Gasteiger partial charge in [0.15, 0.2) is 5.69 Å². The third-order valence-corrected chi connectivity index (χ3v) is 5.13. The topological polar surface area (TPSA) is 87.6 Å². The first-order valence-electron chi connectivity index (χ1n) is 7.49. The molecule has 7 nitrogen and oxygen atoms in total. The van der Waals surface area contributed by atoms with Crippen LogP contribution in [-0.2, 0) is 0 Å². The summed E-state index contributed by atoms with van der Waals surface area (Å²) in [4.78, 5) is 16.1. The molecule has 122 valence electrons. The predicted molar refractivity (Wildman–Crippen MR) is 91.8 cm³/mol. The van der Waals surface area contributed by atoms with Gasteiger partial charge in [0.05, 0.1) is 5.69 Å². The van der Waals surface area contributed by atoms with Crippen molar-refractivity contribution in [2.24, 2.45) is 5.16 Å². The number of fused-ring (bicyclic) bond motifs is 1. The van der Waals surface area contributed by atoms with E-state index in [1.165, 1.54) is 11.3 Å². The molecule has 24 heavy (non-hydrogen) atoms. The zero-order chi connectivity index (χ0) is 16.7. The van der Waals surface area contributed by atoms with Gasteiger partial charge in [-0.05, 0) is 19.1 Å². The molecule has 0 aromatic carbocycles. The largest absolute Gasteiger partial charge is 0.419 e. The molecule has 0 spiro atoms. The molecule has 3 aromatic heterocycles. The molecular weight excluding hydrogens is 326 g/mol. The number of rotatable bonds is 2. The molecule has 0 amide bonds. The highest BCUT2D eigenvalue weighted by Gasteiger charge is 2.28. The number of oxazole rings is 1. The first-order valence-corrected chi connectivity index (χ1v) is 8.30. The molecule has 0 atom stereocenters. The average Bonchev–Trinajstić information content (AvgIpc) is 3.20. The molecule has 1 aliphatic rings. The van der Waals surface area contributed by atoms with Gasteiger partial charge in [-0.3, -0.25) is 4.98 Å². The summed E-state index contributed by atoms with van der Waals surface area (Å²) in [5, 5.41) is 13.4. The van der Waals surface area contributed by atoms with Crippen molar-refractivity contribution >= 4 is 22.9 Å². The van der Waals surface area contributed by atoms with Crippen LogP contribution in [-0.4, -0.2) is 39.5 Å². The zero-order valence-corrected chi connectivity index (χ0v) is 14.0. The van der Waals surface area contributed by atoms with E-state index in [4.69, 9.17) is 4.42 Å². The van der Waals surface area contributed by atoms with Gasteiger partial charge in [0.25, 0.3) is 0 Å². The van der Waals surface area contributed by atoms with E-state index in [2.05, 4.69) is 20.1 Å². The highest BCUT2D eigenvalue weighted by atomic mass is 32.1. The van der Waals surface area contributed by atoms with Crippen molar-refractivity contribution in [3.8, 4) is 21.3 Å². The SMILES string of the molecule is Cc1nc(-c2cccnc2)sc1-c1nc2c(o1)N(C)CC/C2=N\O. The summed E-state index contributed by atoms with van der Waals surface area (Å²) in [5.74, 6) is 1.12. The molecule has 1 N–H and O–H groups in total. The van der Waals surface area contributed by atoms with Gasteiger partial charge in [0, 0.05) is 38.0 Å². The smallest absolute Gasteiger partial charge is 0.241 e. The van der Waals surface area contributed by atoms with E-state index in [0.29, 0.717) is 29.6 Å². The number of aromatic nitrogens is 3. The minimum absolute atomic E-state index is 0.500. The maximum atomic E-state index is 9.18. The summed E-state index contributed by atoms with van der Waals surface area (Å²) in [6.07, 6.45) is 4.15. The lowest BCUT2D eigenvalue weighted by molar-refractivity contribution is 0.317. The van der Waals surface area contributed by atoms with Crippen LogP contribution in [0.15, 0.2) is 34.1 Å². The Bertz CT molecular complexity index is 916. The number of aryl methyl sites for hydroxylation is 1. The Hall–Kier alpha value is -2.74. The van der Waals surface area contributed by atoms with E-state index in [1.807, 2.05) is 31.0 Å². The third kappa shape index (κ3) is 2.35. The van der Waals surface area contributed by atoms with Crippen LogP contribution in [0.2, 0.25) is 0 Å². The lowest BCUT2D eigenvalue weighted by Crippen LogP contribution is -2.28. The minimum atomic E-state index is 0.500.